The lowest BCUT2D eigenvalue weighted by Crippen LogP contribution is -2.15. The van der Waals surface area contributed by atoms with Crippen LogP contribution >= 0.6 is 0 Å². The highest BCUT2D eigenvalue weighted by atomic mass is 16.1. The monoisotopic (exact) mass is 232 g/mol. The van der Waals surface area contributed by atoms with Gasteiger partial charge in [-0.1, -0.05) is 32.0 Å². The van der Waals surface area contributed by atoms with Gasteiger partial charge in [0.2, 0.25) is 0 Å². The molecule has 3 heteroatoms. The maximum atomic E-state index is 11.3. The molecule has 0 aliphatic carbocycles. The summed E-state index contributed by atoms with van der Waals surface area (Å²) in [5.74, 6) is 0.0721. The van der Waals surface area contributed by atoms with Crippen LogP contribution in [0.2, 0.25) is 0 Å². The lowest BCUT2D eigenvalue weighted by Gasteiger charge is -1.98. The second-order valence-corrected chi connectivity index (χ2v) is 3.69. The molecule has 2 rings (SSSR count). The number of Topliss-reactive ketones (excluding diaryl/α,β-unsaturated/α-hetero) is 1. The fraction of sp³-hybridized carbons (Fsp3) is 0.357. The van der Waals surface area contributed by atoms with Crippen LogP contribution in [0, 0.1) is 6.92 Å². The van der Waals surface area contributed by atoms with Crippen LogP contribution in [-0.2, 0) is 11.2 Å². The average molecular weight is 232 g/mol. The van der Waals surface area contributed by atoms with Crippen molar-refractivity contribution in [3.63, 3.8) is 0 Å². The van der Waals surface area contributed by atoms with E-state index in [0.29, 0.717) is 6.42 Å². The number of benzene rings is 1. The van der Waals surface area contributed by atoms with Crippen molar-refractivity contribution in [1.82, 2.24) is 4.98 Å². The first kappa shape index (κ1) is 13.5. The first-order valence-corrected chi connectivity index (χ1v) is 6.00. The first-order chi connectivity index (χ1) is 8.22. The predicted molar refractivity (Wildman–Crippen MR) is 72.1 cm³/mol. The number of aromatic amines is 1. The molecule has 0 fully saturated rings. The van der Waals surface area contributed by atoms with Crippen molar-refractivity contribution in [1.29, 1.82) is 0 Å². The highest BCUT2D eigenvalue weighted by Crippen LogP contribution is 2.22. The number of fused-ring (bicyclic) bond motifs is 1. The van der Waals surface area contributed by atoms with Crippen LogP contribution in [-0.4, -0.2) is 17.3 Å². The van der Waals surface area contributed by atoms with E-state index >= 15 is 0 Å². The van der Waals surface area contributed by atoms with E-state index in [1.807, 2.05) is 45.0 Å². The van der Waals surface area contributed by atoms with Gasteiger partial charge in [0, 0.05) is 23.0 Å². The summed E-state index contributed by atoms with van der Waals surface area (Å²) in [5, 5.41) is 1.12. The summed E-state index contributed by atoms with van der Waals surface area (Å²) in [6.07, 6.45) is 0.423. The van der Waals surface area contributed by atoms with Gasteiger partial charge in [-0.25, -0.2) is 0 Å². The molecule has 0 spiro atoms. The normalized spacial score (nSPS) is 9.88. The summed E-state index contributed by atoms with van der Waals surface area (Å²) in [7, 11) is 0. The van der Waals surface area contributed by atoms with Gasteiger partial charge in [-0.3, -0.25) is 4.79 Å². The molecule has 3 nitrogen and oxygen atoms in total. The molecular weight excluding hydrogens is 212 g/mol. The SMILES string of the molecule is CC.Cc1[nH]c2ccccc2c1CC(=O)CN. The van der Waals surface area contributed by atoms with Crippen molar-refractivity contribution in [3.05, 3.63) is 35.5 Å². The lowest BCUT2D eigenvalue weighted by atomic mass is 10.1. The number of aryl methyl sites for hydroxylation is 1. The number of ketones is 1. The lowest BCUT2D eigenvalue weighted by molar-refractivity contribution is -0.117. The van der Waals surface area contributed by atoms with Crippen molar-refractivity contribution in [2.75, 3.05) is 6.54 Å². The summed E-state index contributed by atoms with van der Waals surface area (Å²) >= 11 is 0. The molecule has 0 aliphatic heterocycles. The van der Waals surface area contributed by atoms with E-state index in [4.69, 9.17) is 5.73 Å². The molecule has 0 amide bonds. The van der Waals surface area contributed by atoms with Crippen molar-refractivity contribution in [3.8, 4) is 0 Å². The molecule has 0 saturated heterocycles. The third-order valence-corrected chi connectivity index (χ3v) is 2.63. The molecule has 1 aromatic heterocycles. The van der Waals surface area contributed by atoms with Crippen LogP contribution in [0.3, 0.4) is 0 Å². The smallest absolute Gasteiger partial charge is 0.150 e. The average Bonchev–Trinajstić information content (AvgIpc) is 2.68. The second kappa shape index (κ2) is 6.21. The number of rotatable bonds is 3. The van der Waals surface area contributed by atoms with Gasteiger partial charge < -0.3 is 10.7 Å². The molecule has 0 aliphatic rings. The van der Waals surface area contributed by atoms with E-state index in [1.54, 1.807) is 0 Å². The van der Waals surface area contributed by atoms with Gasteiger partial charge in [-0.15, -0.1) is 0 Å². The third-order valence-electron chi connectivity index (χ3n) is 2.63. The zero-order valence-electron chi connectivity index (χ0n) is 10.7. The van der Waals surface area contributed by atoms with Crippen LogP contribution in [0.5, 0.6) is 0 Å². The van der Waals surface area contributed by atoms with E-state index < -0.39 is 0 Å². The molecule has 92 valence electrons. The summed E-state index contributed by atoms with van der Waals surface area (Å²) in [4.78, 5) is 14.6. The number of hydrogen-bond acceptors (Lipinski definition) is 2. The molecule has 3 N–H and O–H groups in total. The van der Waals surface area contributed by atoms with Crippen LogP contribution in [0.1, 0.15) is 25.1 Å². The van der Waals surface area contributed by atoms with Gasteiger partial charge in [0.1, 0.15) is 0 Å². The number of nitrogens with one attached hydrogen (secondary N) is 1. The van der Waals surface area contributed by atoms with Crippen LogP contribution < -0.4 is 5.73 Å². The molecule has 0 bridgehead atoms. The summed E-state index contributed by atoms with van der Waals surface area (Å²) in [6.45, 7) is 6.10. The van der Waals surface area contributed by atoms with Gasteiger partial charge in [0.25, 0.3) is 0 Å². The van der Waals surface area contributed by atoms with Gasteiger partial charge in [0.05, 0.1) is 6.54 Å². The number of carbonyl (C=O) groups is 1. The number of para-hydroxylation sites is 1. The van der Waals surface area contributed by atoms with Crippen LogP contribution in [0.4, 0.5) is 0 Å². The molecule has 0 unspecified atom stereocenters. The minimum atomic E-state index is 0.0721. The number of hydrogen-bond donors (Lipinski definition) is 2. The first-order valence-electron chi connectivity index (χ1n) is 6.00. The molecule has 0 radical (unpaired) electrons. The Labute approximate surface area is 102 Å². The molecule has 0 saturated carbocycles. The van der Waals surface area contributed by atoms with Gasteiger partial charge in [-0.2, -0.15) is 0 Å². The maximum absolute atomic E-state index is 11.3. The molecular formula is C14H20N2O. The number of aromatic nitrogens is 1. The molecule has 17 heavy (non-hydrogen) atoms. The third kappa shape index (κ3) is 2.94. The molecule has 2 aromatic rings. The Morgan fingerprint density at radius 2 is 1.94 bits per heavy atom. The zero-order valence-corrected chi connectivity index (χ0v) is 10.7. The van der Waals surface area contributed by atoms with E-state index in [9.17, 15) is 4.79 Å². The standard InChI is InChI=1S/C12H14N2O.C2H6/c1-8-11(6-9(15)7-13)10-4-2-3-5-12(10)14-8;1-2/h2-5,14H,6-7,13H2,1H3;1-2H3. The zero-order chi connectivity index (χ0) is 12.8. The topological polar surface area (TPSA) is 58.9 Å². The molecule has 1 heterocycles. The Morgan fingerprint density at radius 3 is 2.59 bits per heavy atom. The minimum Gasteiger partial charge on any atom is -0.358 e. The summed E-state index contributed by atoms with van der Waals surface area (Å²) in [5.41, 5.74) is 8.53. The minimum absolute atomic E-state index is 0.0721. The summed E-state index contributed by atoms with van der Waals surface area (Å²) < 4.78 is 0. The quantitative estimate of drug-likeness (QED) is 0.854. The van der Waals surface area contributed by atoms with Crippen molar-refractivity contribution < 1.29 is 4.79 Å². The number of nitrogens with two attached hydrogens (primary N) is 1. The Kier molecular flexibility index (Phi) is 4.91. The summed E-state index contributed by atoms with van der Waals surface area (Å²) in [6, 6.07) is 8.00. The number of H-pyrrole nitrogens is 1. The Morgan fingerprint density at radius 1 is 1.29 bits per heavy atom. The van der Waals surface area contributed by atoms with E-state index in [2.05, 4.69) is 4.98 Å². The van der Waals surface area contributed by atoms with Crippen molar-refractivity contribution in [2.45, 2.75) is 27.2 Å². The largest absolute Gasteiger partial charge is 0.358 e. The van der Waals surface area contributed by atoms with Gasteiger partial charge in [0.15, 0.2) is 5.78 Å². The fourth-order valence-electron chi connectivity index (χ4n) is 1.83. The maximum Gasteiger partial charge on any atom is 0.150 e. The van der Waals surface area contributed by atoms with Crippen LogP contribution in [0.25, 0.3) is 10.9 Å². The number of carbonyl (C=O) groups excluding carboxylic acids is 1. The van der Waals surface area contributed by atoms with E-state index in [-0.39, 0.29) is 12.3 Å². The molecule has 0 atom stereocenters. The highest BCUT2D eigenvalue weighted by Gasteiger charge is 2.10. The molecule has 1 aromatic carbocycles. The Bertz CT molecular complexity index is 500. The van der Waals surface area contributed by atoms with Crippen LogP contribution in [0.15, 0.2) is 24.3 Å². The van der Waals surface area contributed by atoms with Gasteiger partial charge in [-0.05, 0) is 18.6 Å². The van der Waals surface area contributed by atoms with Crippen molar-refractivity contribution in [2.24, 2.45) is 5.73 Å². The fourth-order valence-corrected chi connectivity index (χ4v) is 1.83. The Hall–Kier alpha value is -1.61. The van der Waals surface area contributed by atoms with E-state index in [1.165, 1.54) is 0 Å². The highest BCUT2D eigenvalue weighted by molar-refractivity contribution is 5.91. The predicted octanol–water partition coefficient (Wildman–Crippen LogP) is 2.57. The Balaban J connectivity index is 0.000000686. The van der Waals surface area contributed by atoms with E-state index in [0.717, 1.165) is 22.2 Å². The van der Waals surface area contributed by atoms with Crippen molar-refractivity contribution >= 4 is 16.7 Å². The second-order valence-electron chi connectivity index (χ2n) is 3.69. The van der Waals surface area contributed by atoms with Gasteiger partial charge >= 0.3 is 0 Å².